The number of hydrogen-bond acceptors (Lipinski definition) is 4. The van der Waals surface area contributed by atoms with Gasteiger partial charge in [0.15, 0.2) is 0 Å². The Balaban J connectivity index is 1.55. The molecule has 3 heterocycles. The van der Waals surface area contributed by atoms with Crippen molar-refractivity contribution < 1.29 is 4.74 Å². The smallest absolute Gasteiger partial charge is 0.132 e. The van der Waals surface area contributed by atoms with Crippen LogP contribution in [0.2, 0.25) is 0 Å². The molecule has 0 spiro atoms. The van der Waals surface area contributed by atoms with E-state index in [4.69, 9.17) is 9.72 Å². The minimum Gasteiger partial charge on any atom is -0.376 e. The highest BCUT2D eigenvalue weighted by molar-refractivity contribution is 5.78. The summed E-state index contributed by atoms with van der Waals surface area (Å²) < 4.78 is 5.82. The summed E-state index contributed by atoms with van der Waals surface area (Å²) in [6, 6.07) is 6.65. The quantitative estimate of drug-likeness (QED) is 0.858. The van der Waals surface area contributed by atoms with Crippen LogP contribution < -0.4 is 0 Å². The first-order valence-corrected chi connectivity index (χ1v) is 9.21. The summed E-state index contributed by atoms with van der Waals surface area (Å²) in [6.07, 6.45) is 6.68. The first kappa shape index (κ1) is 16.0. The zero-order chi connectivity index (χ0) is 16.6. The normalized spacial score (nSPS) is 24.5. The van der Waals surface area contributed by atoms with Crippen molar-refractivity contribution >= 4 is 10.9 Å². The summed E-state index contributed by atoms with van der Waals surface area (Å²) in [5.41, 5.74) is 2.36. The average Bonchev–Trinajstić information content (AvgIpc) is 3.06. The Bertz CT molecular complexity index is 722. The van der Waals surface area contributed by atoms with Gasteiger partial charge in [-0.1, -0.05) is 6.07 Å². The van der Waals surface area contributed by atoms with Crippen LogP contribution in [0.15, 0.2) is 24.4 Å². The predicted octanol–water partition coefficient (Wildman–Crippen LogP) is 3.90. The lowest BCUT2D eigenvalue weighted by molar-refractivity contribution is -0.0602. The van der Waals surface area contributed by atoms with Crippen LogP contribution in [0.25, 0.3) is 10.9 Å². The number of ether oxygens (including phenoxy) is 1. The molecule has 2 saturated heterocycles. The lowest BCUT2D eigenvalue weighted by atomic mass is 9.88. The number of rotatable bonds is 3. The zero-order valence-corrected chi connectivity index (χ0v) is 14.8. The number of hydrogen-bond donors (Lipinski definition) is 0. The van der Waals surface area contributed by atoms with Gasteiger partial charge in [0.1, 0.15) is 5.82 Å². The molecule has 4 rings (SSSR count). The van der Waals surface area contributed by atoms with E-state index in [0.717, 1.165) is 42.7 Å². The predicted molar refractivity (Wildman–Crippen MR) is 96.1 cm³/mol. The van der Waals surface area contributed by atoms with E-state index in [1.165, 1.54) is 31.5 Å². The van der Waals surface area contributed by atoms with Crippen LogP contribution in [0.3, 0.4) is 0 Å². The third-order valence-corrected chi connectivity index (χ3v) is 5.33. The fourth-order valence-electron chi connectivity index (χ4n) is 4.04. The van der Waals surface area contributed by atoms with Crippen molar-refractivity contribution in [3.8, 4) is 0 Å². The summed E-state index contributed by atoms with van der Waals surface area (Å²) >= 11 is 0. The third kappa shape index (κ3) is 3.45. The third-order valence-electron chi connectivity index (χ3n) is 5.33. The molecular weight excluding hydrogens is 298 g/mol. The van der Waals surface area contributed by atoms with Crippen LogP contribution in [0.4, 0.5) is 0 Å². The molecular formula is C20H27N3O. The van der Waals surface area contributed by atoms with Crippen molar-refractivity contribution in [1.82, 2.24) is 14.9 Å². The first-order chi connectivity index (χ1) is 11.6. The molecule has 0 saturated carbocycles. The number of fused-ring (bicyclic) bond motifs is 1. The molecule has 0 radical (unpaired) electrons. The highest BCUT2D eigenvalue weighted by atomic mass is 16.5. The van der Waals surface area contributed by atoms with E-state index >= 15 is 0 Å². The second kappa shape index (κ2) is 6.41. The maximum Gasteiger partial charge on any atom is 0.132 e. The molecule has 4 heteroatoms. The van der Waals surface area contributed by atoms with Crippen LogP contribution in [-0.2, 0) is 11.3 Å². The van der Waals surface area contributed by atoms with Crippen LogP contribution >= 0.6 is 0 Å². The number of benzene rings is 1. The highest BCUT2D eigenvalue weighted by Crippen LogP contribution is 2.34. The van der Waals surface area contributed by atoms with Crippen molar-refractivity contribution in [2.45, 2.75) is 57.6 Å². The van der Waals surface area contributed by atoms with Gasteiger partial charge in [-0.2, -0.15) is 0 Å². The molecule has 2 fully saturated rings. The van der Waals surface area contributed by atoms with Gasteiger partial charge < -0.3 is 4.74 Å². The maximum atomic E-state index is 5.82. The summed E-state index contributed by atoms with van der Waals surface area (Å²) in [5, 5.41) is 1.15. The molecule has 1 aromatic carbocycles. The van der Waals surface area contributed by atoms with Crippen molar-refractivity contribution in [2.24, 2.45) is 0 Å². The van der Waals surface area contributed by atoms with E-state index in [-0.39, 0.29) is 5.60 Å². The van der Waals surface area contributed by atoms with Crippen LogP contribution in [-0.4, -0.2) is 40.2 Å². The minimum atomic E-state index is -0.0686. The van der Waals surface area contributed by atoms with Gasteiger partial charge in [-0.05, 0) is 70.3 Å². The van der Waals surface area contributed by atoms with E-state index in [1.54, 1.807) is 0 Å². The lowest BCUT2D eigenvalue weighted by Crippen LogP contribution is -2.33. The van der Waals surface area contributed by atoms with Gasteiger partial charge in [0.2, 0.25) is 0 Å². The van der Waals surface area contributed by atoms with Crippen LogP contribution in [0.5, 0.6) is 0 Å². The SMILES string of the molecule is CC1(C)CC(c2ncc3cc(CN4CCCC4)ccc3n2)CCO1. The molecule has 2 aliphatic heterocycles. The van der Waals surface area contributed by atoms with E-state index in [2.05, 4.69) is 41.9 Å². The van der Waals surface area contributed by atoms with Crippen molar-refractivity contribution in [2.75, 3.05) is 19.7 Å². The molecule has 1 unspecified atom stereocenters. The van der Waals surface area contributed by atoms with E-state index in [9.17, 15) is 0 Å². The first-order valence-electron chi connectivity index (χ1n) is 9.21. The summed E-state index contributed by atoms with van der Waals surface area (Å²) in [7, 11) is 0. The van der Waals surface area contributed by atoms with Gasteiger partial charge in [-0.3, -0.25) is 4.90 Å². The van der Waals surface area contributed by atoms with Gasteiger partial charge in [-0.25, -0.2) is 9.97 Å². The second-order valence-electron chi connectivity index (χ2n) is 7.90. The number of aromatic nitrogens is 2. The number of nitrogens with zero attached hydrogens (tertiary/aromatic N) is 3. The van der Waals surface area contributed by atoms with Crippen molar-refractivity contribution in [3.63, 3.8) is 0 Å². The summed E-state index contributed by atoms with van der Waals surface area (Å²) in [6.45, 7) is 8.62. The van der Waals surface area contributed by atoms with E-state index in [1.807, 2.05) is 6.20 Å². The molecule has 128 valence electrons. The second-order valence-corrected chi connectivity index (χ2v) is 7.90. The fraction of sp³-hybridized carbons (Fsp3) is 0.600. The van der Waals surface area contributed by atoms with E-state index < -0.39 is 0 Å². The standard InChI is InChI=1S/C20H27N3O/c1-20(2)12-16(7-10-24-20)19-21-13-17-11-15(5-6-18(17)22-19)14-23-8-3-4-9-23/h5-6,11,13,16H,3-4,7-10,12,14H2,1-2H3. The molecule has 24 heavy (non-hydrogen) atoms. The Morgan fingerprint density at radius 1 is 1.25 bits per heavy atom. The molecule has 1 atom stereocenters. The molecule has 4 nitrogen and oxygen atoms in total. The van der Waals surface area contributed by atoms with Crippen molar-refractivity contribution in [3.05, 3.63) is 35.8 Å². The topological polar surface area (TPSA) is 38.2 Å². The van der Waals surface area contributed by atoms with E-state index in [0.29, 0.717) is 5.92 Å². The largest absolute Gasteiger partial charge is 0.376 e. The fourth-order valence-corrected chi connectivity index (χ4v) is 4.04. The molecule has 1 aromatic heterocycles. The van der Waals surface area contributed by atoms with Gasteiger partial charge in [0, 0.05) is 30.7 Å². The van der Waals surface area contributed by atoms with Gasteiger partial charge in [0.05, 0.1) is 11.1 Å². The van der Waals surface area contributed by atoms with Crippen LogP contribution in [0, 0.1) is 0 Å². The maximum absolute atomic E-state index is 5.82. The Morgan fingerprint density at radius 2 is 2.08 bits per heavy atom. The number of likely N-dealkylation sites (tertiary alicyclic amines) is 1. The molecule has 0 bridgehead atoms. The molecule has 2 aromatic rings. The minimum absolute atomic E-state index is 0.0686. The lowest BCUT2D eigenvalue weighted by Gasteiger charge is -2.34. The zero-order valence-electron chi connectivity index (χ0n) is 14.8. The Hall–Kier alpha value is -1.52. The summed E-state index contributed by atoms with van der Waals surface area (Å²) in [5.74, 6) is 1.38. The molecule has 0 amide bonds. The average molecular weight is 325 g/mol. The molecule has 2 aliphatic rings. The Morgan fingerprint density at radius 3 is 2.88 bits per heavy atom. The highest BCUT2D eigenvalue weighted by Gasteiger charge is 2.31. The molecule has 0 aliphatic carbocycles. The van der Waals surface area contributed by atoms with Gasteiger partial charge >= 0.3 is 0 Å². The van der Waals surface area contributed by atoms with Crippen molar-refractivity contribution in [1.29, 1.82) is 0 Å². The monoisotopic (exact) mass is 325 g/mol. The van der Waals surface area contributed by atoms with Gasteiger partial charge in [0.25, 0.3) is 0 Å². The molecule has 0 N–H and O–H groups in total. The Kier molecular flexibility index (Phi) is 4.27. The van der Waals surface area contributed by atoms with Crippen LogP contribution in [0.1, 0.15) is 56.8 Å². The Labute approximate surface area is 144 Å². The van der Waals surface area contributed by atoms with Gasteiger partial charge in [-0.15, -0.1) is 0 Å². The summed E-state index contributed by atoms with van der Waals surface area (Å²) in [4.78, 5) is 12.1.